The van der Waals surface area contributed by atoms with Crippen LogP contribution >= 0.6 is 0 Å². The number of fused-ring (bicyclic) bond motifs is 1. The van der Waals surface area contributed by atoms with Crippen molar-refractivity contribution < 1.29 is 4.79 Å². The number of likely N-dealkylation sites (N-methyl/N-ethyl adjacent to an activating group) is 1. The fourth-order valence-corrected chi connectivity index (χ4v) is 4.04. The van der Waals surface area contributed by atoms with E-state index in [1.165, 1.54) is 48.4 Å². The van der Waals surface area contributed by atoms with Gasteiger partial charge in [-0.2, -0.15) is 0 Å². The molecule has 178 valence electrons. The minimum Gasteiger partial charge on any atom is -0.345 e. The quantitative estimate of drug-likeness (QED) is 0.387. The van der Waals surface area contributed by atoms with E-state index in [1.807, 2.05) is 42.3 Å². The molecule has 2 heteroatoms. The molecule has 1 aliphatic rings. The van der Waals surface area contributed by atoms with E-state index in [2.05, 4.69) is 63.2 Å². The number of benzene rings is 3. The van der Waals surface area contributed by atoms with E-state index >= 15 is 0 Å². The SMILES string of the molecule is CC1CCCCC1.CCCCN(C)C(=O)Cc1ccccc1.Cc1ccc2ccccc2c1. The second kappa shape index (κ2) is 15.3. The van der Waals surface area contributed by atoms with Crippen LogP contribution in [0.15, 0.2) is 72.8 Å². The average Bonchev–Trinajstić information content (AvgIpc) is 2.84. The van der Waals surface area contributed by atoms with Crippen LogP contribution in [-0.4, -0.2) is 24.4 Å². The van der Waals surface area contributed by atoms with Gasteiger partial charge in [-0.05, 0) is 35.6 Å². The lowest BCUT2D eigenvalue weighted by atomic mass is 9.91. The Hall–Kier alpha value is -2.61. The molecule has 4 rings (SSSR count). The Labute approximate surface area is 202 Å². The summed E-state index contributed by atoms with van der Waals surface area (Å²) in [4.78, 5) is 13.6. The number of rotatable bonds is 5. The van der Waals surface area contributed by atoms with Crippen LogP contribution in [0.5, 0.6) is 0 Å². The molecule has 2 nitrogen and oxygen atoms in total. The minimum absolute atomic E-state index is 0.203. The second-order valence-electron chi connectivity index (χ2n) is 9.43. The van der Waals surface area contributed by atoms with E-state index in [0.717, 1.165) is 30.9 Å². The molecule has 33 heavy (non-hydrogen) atoms. The van der Waals surface area contributed by atoms with Gasteiger partial charge >= 0.3 is 0 Å². The third kappa shape index (κ3) is 10.7. The molecule has 0 unspecified atom stereocenters. The summed E-state index contributed by atoms with van der Waals surface area (Å²) in [5.41, 5.74) is 2.41. The number of carbonyl (C=O) groups is 1. The van der Waals surface area contributed by atoms with E-state index in [4.69, 9.17) is 0 Å². The molecular weight excluding hydrogens is 402 g/mol. The van der Waals surface area contributed by atoms with Crippen LogP contribution in [0.1, 0.15) is 69.9 Å². The van der Waals surface area contributed by atoms with Crippen LogP contribution in [0.2, 0.25) is 0 Å². The highest BCUT2D eigenvalue weighted by Crippen LogP contribution is 2.22. The lowest BCUT2D eigenvalue weighted by Gasteiger charge is -2.16. The molecule has 1 fully saturated rings. The van der Waals surface area contributed by atoms with E-state index in [-0.39, 0.29) is 5.91 Å². The van der Waals surface area contributed by atoms with Crippen molar-refractivity contribution in [3.8, 4) is 0 Å². The lowest BCUT2D eigenvalue weighted by molar-refractivity contribution is -0.129. The first kappa shape index (κ1) is 26.6. The molecule has 1 amide bonds. The third-order valence-electron chi connectivity index (χ3n) is 6.27. The highest BCUT2D eigenvalue weighted by Gasteiger charge is 2.08. The third-order valence-corrected chi connectivity index (χ3v) is 6.27. The van der Waals surface area contributed by atoms with Crippen molar-refractivity contribution in [2.75, 3.05) is 13.6 Å². The van der Waals surface area contributed by atoms with Gasteiger partial charge in [0.05, 0.1) is 6.42 Å². The van der Waals surface area contributed by atoms with Crippen LogP contribution in [0.3, 0.4) is 0 Å². The molecule has 0 aromatic heterocycles. The monoisotopic (exact) mass is 445 g/mol. The predicted octanol–water partition coefficient (Wildman–Crippen LogP) is 8.22. The van der Waals surface area contributed by atoms with Gasteiger partial charge in [-0.25, -0.2) is 0 Å². The summed E-state index contributed by atoms with van der Waals surface area (Å²) in [5, 5.41) is 2.64. The van der Waals surface area contributed by atoms with Gasteiger partial charge in [0.25, 0.3) is 0 Å². The Morgan fingerprint density at radius 2 is 1.52 bits per heavy atom. The van der Waals surface area contributed by atoms with Crippen molar-refractivity contribution in [2.24, 2.45) is 5.92 Å². The summed E-state index contributed by atoms with van der Waals surface area (Å²) in [6.07, 6.45) is 10.2. The topological polar surface area (TPSA) is 20.3 Å². The van der Waals surface area contributed by atoms with Crippen molar-refractivity contribution in [1.29, 1.82) is 0 Å². The molecule has 0 bridgehead atoms. The standard InChI is InChI=1S/C13H19NO.C11H10.C7H14/c1-3-4-10-14(2)13(15)11-12-8-6-5-7-9-12;1-9-6-7-10-4-2-3-5-11(10)8-9;1-7-5-3-2-4-6-7/h5-9H,3-4,10-11H2,1-2H3;2-8H,1H3;7H,2-6H2,1H3. The molecule has 0 radical (unpaired) electrons. The van der Waals surface area contributed by atoms with Gasteiger partial charge in [-0.1, -0.05) is 131 Å². The van der Waals surface area contributed by atoms with Gasteiger partial charge in [0.15, 0.2) is 0 Å². The highest BCUT2D eigenvalue weighted by molar-refractivity contribution is 5.82. The highest BCUT2D eigenvalue weighted by atomic mass is 16.2. The molecule has 0 heterocycles. The molecule has 0 saturated heterocycles. The van der Waals surface area contributed by atoms with E-state index < -0.39 is 0 Å². The van der Waals surface area contributed by atoms with E-state index in [9.17, 15) is 4.79 Å². The fourth-order valence-electron chi connectivity index (χ4n) is 4.04. The summed E-state index contributed by atoms with van der Waals surface area (Å²) >= 11 is 0. The smallest absolute Gasteiger partial charge is 0.226 e. The number of aryl methyl sites for hydroxylation is 1. The first-order valence-corrected chi connectivity index (χ1v) is 12.7. The molecule has 0 spiro atoms. The van der Waals surface area contributed by atoms with Crippen LogP contribution in [0.4, 0.5) is 0 Å². The maximum atomic E-state index is 11.7. The first-order valence-electron chi connectivity index (χ1n) is 12.7. The molecule has 0 N–H and O–H groups in total. The number of carbonyl (C=O) groups excluding carboxylic acids is 1. The van der Waals surface area contributed by atoms with E-state index in [1.54, 1.807) is 0 Å². The number of amides is 1. The van der Waals surface area contributed by atoms with Crippen molar-refractivity contribution in [2.45, 2.75) is 72.1 Å². The molecule has 0 atom stereocenters. The van der Waals surface area contributed by atoms with Crippen LogP contribution in [0.25, 0.3) is 10.8 Å². The molecule has 1 saturated carbocycles. The second-order valence-corrected chi connectivity index (χ2v) is 9.43. The Bertz CT molecular complexity index is 928. The lowest BCUT2D eigenvalue weighted by Crippen LogP contribution is -2.29. The largest absolute Gasteiger partial charge is 0.345 e. The summed E-state index contributed by atoms with van der Waals surface area (Å²) < 4.78 is 0. The number of unbranched alkanes of at least 4 members (excludes halogenated alkanes) is 1. The molecule has 3 aromatic rings. The van der Waals surface area contributed by atoms with Gasteiger partial charge < -0.3 is 4.90 Å². The number of nitrogens with zero attached hydrogens (tertiary/aromatic N) is 1. The van der Waals surface area contributed by atoms with Gasteiger partial charge in [-0.15, -0.1) is 0 Å². The number of hydrogen-bond acceptors (Lipinski definition) is 1. The zero-order valence-corrected chi connectivity index (χ0v) is 21.2. The molecular formula is C31H43NO. The van der Waals surface area contributed by atoms with Crippen LogP contribution in [0, 0.1) is 12.8 Å². The first-order chi connectivity index (χ1) is 16.0. The Kier molecular flexibility index (Phi) is 12.3. The zero-order valence-electron chi connectivity index (χ0n) is 21.2. The van der Waals surface area contributed by atoms with Crippen molar-refractivity contribution >= 4 is 16.7 Å². The van der Waals surface area contributed by atoms with Crippen molar-refractivity contribution in [3.05, 3.63) is 83.9 Å². The number of hydrogen-bond donors (Lipinski definition) is 0. The maximum absolute atomic E-state index is 11.7. The van der Waals surface area contributed by atoms with E-state index in [0.29, 0.717) is 6.42 Å². The Balaban J connectivity index is 0.000000187. The van der Waals surface area contributed by atoms with Crippen molar-refractivity contribution in [1.82, 2.24) is 4.90 Å². The predicted molar refractivity (Wildman–Crippen MR) is 144 cm³/mol. The summed E-state index contributed by atoms with van der Waals surface area (Å²) in [6.45, 7) is 7.48. The molecule has 1 aliphatic carbocycles. The van der Waals surface area contributed by atoms with Gasteiger partial charge in [-0.3, -0.25) is 4.79 Å². The molecule has 0 aliphatic heterocycles. The Morgan fingerprint density at radius 3 is 2.12 bits per heavy atom. The maximum Gasteiger partial charge on any atom is 0.226 e. The Morgan fingerprint density at radius 1 is 0.879 bits per heavy atom. The average molecular weight is 446 g/mol. The van der Waals surface area contributed by atoms with Gasteiger partial charge in [0.1, 0.15) is 0 Å². The van der Waals surface area contributed by atoms with Gasteiger partial charge in [0, 0.05) is 13.6 Å². The zero-order chi connectivity index (χ0) is 23.9. The molecule has 3 aromatic carbocycles. The van der Waals surface area contributed by atoms with Gasteiger partial charge in [0.2, 0.25) is 5.91 Å². The van der Waals surface area contributed by atoms with Crippen molar-refractivity contribution in [3.63, 3.8) is 0 Å². The van der Waals surface area contributed by atoms with Crippen LogP contribution in [-0.2, 0) is 11.2 Å². The fraction of sp³-hybridized carbons (Fsp3) is 0.452. The summed E-state index contributed by atoms with van der Waals surface area (Å²) in [6, 6.07) is 24.8. The summed E-state index contributed by atoms with van der Waals surface area (Å²) in [7, 11) is 1.88. The minimum atomic E-state index is 0.203. The van der Waals surface area contributed by atoms with Crippen LogP contribution < -0.4 is 0 Å². The summed E-state index contributed by atoms with van der Waals surface area (Å²) in [5.74, 6) is 1.24. The normalized spacial score (nSPS) is 13.3.